The molecule has 0 bridgehead atoms. The van der Waals surface area contributed by atoms with Crippen LogP contribution in [0.3, 0.4) is 0 Å². The number of hydrogen-bond acceptors (Lipinski definition) is 4. The summed E-state index contributed by atoms with van der Waals surface area (Å²) in [5, 5.41) is 13.0. The van der Waals surface area contributed by atoms with Gasteiger partial charge in [-0.15, -0.1) is 11.3 Å². The van der Waals surface area contributed by atoms with Crippen molar-refractivity contribution in [2.45, 2.75) is 86.7 Å². The molecule has 1 N–H and O–H groups in total. The molecule has 0 aliphatic carbocycles. The van der Waals surface area contributed by atoms with Crippen molar-refractivity contribution < 1.29 is 5.11 Å². The molecular weight excluding hydrogens is 388 g/mol. The van der Waals surface area contributed by atoms with Gasteiger partial charge in [-0.25, -0.2) is 4.98 Å². The maximum Gasteiger partial charge on any atom is 0.123 e. The number of benzene rings is 1. The third-order valence-corrected chi connectivity index (χ3v) is 7.11. The zero-order valence-corrected chi connectivity index (χ0v) is 20.6. The lowest BCUT2D eigenvalue weighted by Crippen LogP contribution is -2.14. The summed E-state index contributed by atoms with van der Waals surface area (Å²) in [5.41, 5.74) is 5.35. The minimum atomic E-state index is 0.0138. The molecule has 0 saturated heterocycles. The Labute approximate surface area is 187 Å². The highest BCUT2D eigenvalue weighted by molar-refractivity contribution is 7.13. The van der Waals surface area contributed by atoms with Gasteiger partial charge in [-0.2, -0.15) is 0 Å². The second-order valence-electron chi connectivity index (χ2n) is 8.96. The largest absolute Gasteiger partial charge is 0.392 e. The Balaban J connectivity index is 2.32. The van der Waals surface area contributed by atoms with Crippen molar-refractivity contribution in [1.82, 2.24) is 4.98 Å². The first-order chi connectivity index (χ1) is 14.4. The highest BCUT2D eigenvalue weighted by Gasteiger charge is 2.18. The summed E-state index contributed by atoms with van der Waals surface area (Å²) < 4.78 is 0. The van der Waals surface area contributed by atoms with Gasteiger partial charge in [-0.3, -0.25) is 4.99 Å². The van der Waals surface area contributed by atoms with Crippen molar-refractivity contribution in [1.29, 1.82) is 0 Å². The normalized spacial score (nSPS) is 14.3. The summed E-state index contributed by atoms with van der Waals surface area (Å²) in [4.78, 5) is 9.63. The average molecular weight is 429 g/mol. The fraction of sp³-hybridized carbons (Fsp3) is 0.615. The van der Waals surface area contributed by atoms with Gasteiger partial charge in [0.1, 0.15) is 5.01 Å². The van der Waals surface area contributed by atoms with Gasteiger partial charge in [0.05, 0.1) is 12.3 Å². The van der Waals surface area contributed by atoms with Crippen LogP contribution in [-0.4, -0.2) is 15.8 Å². The first-order valence-corrected chi connectivity index (χ1v) is 12.5. The van der Waals surface area contributed by atoms with E-state index in [9.17, 15) is 5.11 Å². The number of aliphatic hydroxyl groups is 1. The van der Waals surface area contributed by atoms with Crippen LogP contribution in [-0.2, 0) is 6.61 Å². The number of aliphatic imine (C=N–C) groups is 1. The first-order valence-electron chi connectivity index (χ1n) is 11.6. The zero-order chi connectivity index (χ0) is 22.1. The van der Waals surface area contributed by atoms with Crippen LogP contribution in [0.1, 0.15) is 84.3 Å². The lowest BCUT2D eigenvalue weighted by molar-refractivity contribution is 0.282. The molecule has 0 radical (unpaired) electrons. The molecule has 2 unspecified atom stereocenters. The molecule has 4 heteroatoms. The van der Waals surface area contributed by atoms with E-state index in [0.717, 1.165) is 58.5 Å². The Kier molecular flexibility index (Phi) is 10.2. The van der Waals surface area contributed by atoms with E-state index < -0.39 is 0 Å². The summed E-state index contributed by atoms with van der Waals surface area (Å²) in [7, 11) is 0. The van der Waals surface area contributed by atoms with Gasteiger partial charge >= 0.3 is 0 Å². The third-order valence-electron chi connectivity index (χ3n) is 6.30. The van der Waals surface area contributed by atoms with E-state index in [0.29, 0.717) is 5.92 Å². The molecule has 0 saturated carbocycles. The van der Waals surface area contributed by atoms with Gasteiger partial charge in [0.2, 0.25) is 0 Å². The molecular formula is C26H40N2OS. The fourth-order valence-electron chi connectivity index (χ4n) is 4.07. The van der Waals surface area contributed by atoms with E-state index in [1.807, 2.05) is 17.6 Å². The van der Waals surface area contributed by atoms with Crippen LogP contribution in [0.25, 0.3) is 10.6 Å². The number of aromatic nitrogens is 1. The summed E-state index contributed by atoms with van der Waals surface area (Å²) in [6.07, 6.45) is 8.74. The highest BCUT2D eigenvalue weighted by Crippen LogP contribution is 2.35. The lowest BCUT2D eigenvalue weighted by atomic mass is 9.82. The number of nitrogens with zero attached hydrogens (tertiary/aromatic N) is 2. The van der Waals surface area contributed by atoms with Crippen molar-refractivity contribution in [3.05, 3.63) is 34.8 Å². The van der Waals surface area contributed by atoms with Crippen LogP contribution in [0, 0.1) is 24.7 Å². The van der Waals surface area contributed by atoms with E-state index in [4.69, 9.17) is 4.99 Å². The number of thiazole rings is 1. The van der Waals surface area contributed by atoms with Gasteiger partial charge < -0.3 is 5.11 Å². The van der Waals surface area contributed by atoms with E-state index in [1.165, 1.54) is 25.0 Å². The standard InChI is InChI=1S/C26H40N2OS/c1-7-9-23(12-10-21(18(3)4)16-19(5)8-2)28-25-20(6)24(13-11-22(25)17-29)26-27-14-15-30-26/h11,13-15,18-19,21,29H,7-10,12,16-17H2,1-6H3/b28-23+. The Morgan fingerprint density at radius 1 is 1.17 bits per heavy atom. The summed E-state index contributed by atoms with van der Waals surface area (Å²) in [6, 6.07) is 4.07. The van der Waals surface area contributed by atoms with Crippen LogP contribution in [0.15, 0.2) is 28.7 Å². The SMILES string of the molecule is CCC/C(CCC(CC(C)CC)C(C)C)=N\c1c(CO)ccc(-c2nccs2)c1C. The Morgan fingerprint density at radius 2 is 1.93 bits per heavy atom. The fourth-order valence-corrected chi connectivity index (χ4v) is 4.79. The molecule has 2 rings (SSSR count). The molecule has 1 aromatic carbocycles. The van der Waals surface area contributed by atoms with Gasteiger partial charge in [0.15, 0.2) is 0 Å². The summed E-state index contributed by atoms with van der Waals surface area (Å²) in [5.74, 6) is 2.22. The average Bonchev–Trinajstić information content (AvgIpc) is 3.26. The first kappa shape index (κ1) is 24.7. The van der Waals surface area contributed by atoms with Gasteiger partial charge in [0.25, 0.3) is 0 Å². The second-order valence-corrected chi connectivity index (χ2v) is 9.86. The van der Waals surface area contributed by atoms with E-state index in [2.05, 4.69) is 52.6 Å². The van der Waals surface area contributed by atoms with Crippen LogP contribution in [0.5, 0.6) is 0 Å². The van der Waals surface area contributed by atoms with Crippen LogP contribution < -0.4 is 0 Å². The van der Waals surface area contributed by atoms with Crippen molar-refractivity contribution in [2.24, 2.45) is 22.7 Å². The van der Waals surface area contributed by atoms with Crippen LogP contribution >= 0.6 is 11.3 Å². The zero-order valence-electron chi connectivity index (χ0n) is 19.7. The molecule has 2 atom stereocenters. The maximum atomic E-state index is 9.94. The predicted molar refractivity (Wildman–Crippen MR) is 132 cm³/mol. The molecule has 0 spiro atoms. The second kappa shape index (κ2) is 12.4. The molecule has 30 heavy (non-hydrogen) atoms. The molecule has 2 aromatic rings. The lowest BCUT2D eigenvalue weighted by Gasteiger charge is -2.24. The monoisotopic (exact) mass is 428 g/mol. The van der Waals surface area contributed by atoms with Crippen LogP contribution in [0.2, 0.25) is 0 Å². The molecule has 0 aliphatic rings. The number of rotatable bonds is 12. The predicted octanol–water partition coefficient (Wildman–Crippen LogP) is 7.97. The molecule has 0 aliphatic heterocycles. The molecule has 166 valence electrons. The van der Waals surface area contributed by atoms with Crippen molar-refractivity contribution in [3.63, 3.8) is 0 Å². The molecule has 1 aromatic heterocycles. The molecule has 1 heterocycles. The quantitative estimate of drug-likeness (QED) is 0.348. The van der Waals surface area contributed by atoms with Crippen molar-refractivity contribution in [2.75, 3.05) is 0 Å². The minimum Gasteiger partial charge on any atom is -0.392 e. The van der Waals surface area contributed by atoms with Gasteiger partial charge in [0, 0.05) is 28.4 Å². The number of hydrogen-bond donors (Lipinski definition) is 1. The smallest absolute Gasteiger partial charge is 0.123 e. The topological polar surface area (TPSA) is 45.5 Å². The number of aliphatic hydroxyl groups excluding tert-OH is 1. The highest BCUT2D eigenvalue weighted by atomic mass is 32.1. The van der Waals surface area contributed by atoms with Crippen LogP contribution in [0.4, 0.5) is 5.69 Å². The van der Waals surface area contributed by atoms with E-state index in [-0.39, 0.29) is 6.61 Å². The van der Waals surface area contributed by atoms with Gasteiger partial charge in [-0.05, 0) is 55.9 Å². The molecule has 3 nitrogen and oxygen atoms in total. The van der Waals surface area contributed by atoms with Crippen molar-refractivity contribution >= 4 is 22.7 Å². The molecule has 0 fully saturated rings. The van der Waals surface area contributed by atoms with Gasteiger partial charge in [-0.1, -0.05) is 59.6 Å². The molecule has 0 amide bonds. The Bertz CT molecular complexity index is 796. The third kappa shape index (κ3) is 6.75. The van der Waals surface area contributed by atoms with E-state index >= 15 is 0 Å². The Hall–Kier alpha value is -1.52. The minimum absolute atomic E-state index is 0.0138. The maximum absolute atomic E-state index is 9.94. The summed E-state index contributed by atoms with van der Waals surface area (Å²) in [6.45, 7) is 13.7. The summed E-state index contributed by atoms with van der Waals surface area (Å²) >= 11 is 1.64. The van der Waals surface area contributed by atoms with E-state index in [1.54, 1.807) is 11.3 Å². The Morgan fingerprint density at radius 3 is 2.50 bits per heavy atom. The van der Waals surface area contributed by atoms with Crippen molar-refractivity contribution in [3.8, 4) is 10.6 Å².